The van der Waals surface area contributed by atoms with Gasteiger partial charge in [0, 0.05) is 65.1 Å². The summed E-state index contributed by atoms with van der Waals surface area (Å²) in [4.78, 5) is 65.5. The Labute approximate surface area is 446 Å². The molecular formula is C58H78N6O10S. The number of Topliss-reactive ketones (excluding diaryl/α,β-unsaturated/α-hetero) is 1. The number of hydrogen-bond donors (Lipinski definition) is 4. The molecule has 3 aromatic carbocycles. The molecule has 2 saturated heterocycles. The van der Waals surface area contributed by atoms with E-state index in [0.29, 0.717) is 51.4 Å². The SMILES string of the molecule is Cc1ccc(-c2ccc(OCCOCCN3CCN(CCOCCOCC(=O)N[C@H](C(=O)N4C[C@H](O)C[C@H]4C(=O)N[C@@H](C)c4ccc(-c5scnc5C)cc4)C(C)(C)C)CC3)cc2)cc1C1=C(O)CC(C)(C)CC1=O. The van der Waals surface area contributed by atoms with E-state index in [2.05, 4.69) is 25.4 Å². The van der Waals surface area contributed by atoms with Crippen molar-refractivity contribution in [2.75, 3.05) is 92.1 Å². The Hall–Kier alpha value is -5.53. The Morgan fingerprint density at radius 3 is 2.04 bits per heavy atom. The molecule has 3 heterocycles. The van der Waals surface area contributed by atoms with E-state index in [1.165, 1.54) is 4.90 Å². The zero-order chi connectivity index (χ0) is 53.9. The minimum absolute atomic E-state index is 0.0114. The number of thiazole rings is 1. The summed E-state index contributed by atoms with van der Waals surface area (Å²) in [6, 6.07) is 19.7. The Kier molecular flexibility index (Phi) is 19.8. The second-order valence-corrected chi connectivity index (χ2v) is 22.9. The van der Waals surface area contributed by atoms with Crippen LogP contribution in [0.4, 0.5) is 0 Å². The van der Waals surface area contributed by atoms with Gasteiger partial charge in [0.1, 0.15) is 36.8 Å². The first kappa shape index (κ1) is 57.2. The molecule has 2 fully saturated rings. The third-order valence-corrected chi connectivity index (χ3v) is 15.3. The molecule has 0 unspecified atom stereocenters. The number of piperazine rings is 1. The lowest BCUT2D eigenvalue weighted by molar-refractivity contribution is -0.144. The number of hydrogen-bond acceptors (Lipinski definition) is 14. The van der Waals surface area contributed by atoms with Crippen LogP contribution in [0.3, 0.4) is 0 Å². The normalized spacial score (nSPS) is 19.3. The van der Waals surface area contributed by atoms with Gasteiger partial charge in [-0.25, -0.2) is 4.98 Å². The molecule has 0 bridgehead atoms. The van der Waals surface area contributed by atoms with Crippen LogP contribution in [0.15, 0.2) is 78.0 Å². The van der Waals surface area contributed by atoms with Crippen molar-refractivity contribution in [3.05, 3.63) is 100 Å². The van der Waals surface area contributed by atoms with E-state index in [4.69, 9.17) is 18.9 Å². The summed E-state index contributed by atoms with van der Waals surface area (Å²) < 4.78 is 23.3. The lowest BCUT2D eigenvalue weighted by Gasteiger charge is -2.35. The molecule has 3 amide bonds. The minimum Gasteiger partial charge on any atom is -0.512 e. The van der Waals surface area contributed by atoms with Gasteiger partial charge in [-0.2, -0.15) is 0 Å². The molecule has 4 N–H and O–H groups in total. The zero-order valence-electron chi connectivity index (χ0n) is 45.1. The highest BCUT2D eigenvalue weighted by Crippen LogP contribution is 2.41. The first-order valence-electron chi connectivity index (χ1n) is 26.3. The summed E-state index contributed by atoms with van der Waals surface area (Å²) in [5, 5.41) is 27.3. The van der Waals surface area contributed by atoms with E-state index in [0.717, 1.165) is 89.0 Å². The number of nitrogens with one attached hydrogen (secondary N) is 2. The summed E-state index contributed by atoms with van der Waals surface area (Å²) in [6.45, 7) is 23.1. The lowest BCUT2D eigenvalue weighted by atomic mass is 9.74. The molecule has 17 heteroatoms. The molecule has 75 heavy (non-hydrogen) atoms. The van der Waals surface area contributed by atoms with Crippen LogP contribution in [-0.2, 0) is 33.4 Å². The number of aliphatic hydroxyl groups excluding tert-OH is 2. The number of rotatable bonds is 23. The number of carbonyl (C=O) groups excluding carboxylic acids is 4. The highest BCUT2D eigenvalue weighted by molar-refractivity contribution is 7.13. The lowest BCUT2D eigenvalue weighted by Crippen LogP contribution is -2.58. The predicted molar refractivity (Wildman–Crippen MR) is 291 cm³/mol. The molecule has 0 saturated carbocycles. The summed E-state index contributed by atoms with van der Waals surface area (Å²) in [7, 11) is 0. The highest BCUT2D eigenvalue weighted by atomic mass is 32.1. The van der Waals surface area contributed by atoms with Crippen LogP contribution < -0.4 is 15.4 Å². The number of likely N-dealkylation sites (tertiary alicyclic amines) is 1. The van der Waals surface area contributed by atoms with Crippen LogP contribution in [0.2, 0.25) is 0 Å². The number of ketones is 1. The Morgan fingerprint density at radius 1 is 0.813 bits per heavy atom. The topological polar surface area (TPSA) is 192 Å². The molecule has 1 aromatic heterocycles. The van der Waals surface area contributed by atoms with Crippen molar-refractivity contribution >= 4 is 40.4 Å². The zero-order valence-corrected chi connectivity index (χ0v) is 45.9. The molecule has 4 atom stereocenters. The molecule has 0 radical (unpaired) electrons. The summed E-state index contributed by atoms with van der Waals surface area (Å²) >= 11 is 1.58. The largest absolute Gasteiger partial charge is 0.512 e. The second-order valence-electron chi connectivity index (χ2n) is 22.0. The number of β-amino-alcohol motifs (C(OH)–C–C–N with tert-alkyl or cyclic N) is 1. The van der Waals surface area contributed by atoms with Crippen LogP contribution in [0.5, 0.6) is 5.75 Å². The first-order valence-corrected chi connectivity index (χ1v) is 27.2. The maximum Gasteiger partial charge on any atom is 0.246 e. The van der Waals surface area contributed by atoms with Crippen molar-refractivity contribution in [2.24, 2.45) is 10.8 Å². The molecule has 16 nitrogen and oxygen atoms in total. The van der Waals surface area contributed by atoms with Gasteiger partial charge in [-0.1, -0.05) is 83.1 Å². The molecule has 7 rings (SSSR count). The quantitative estimate of drug-likeness (QED) is 0.0548. The van der Waals surface area contributed by atoms with Gasteiger partial charge in [0.2, 0.25) is 17.7 Å². The molecule has 4 aromatic rings. The van der Waals surface area contributed by atoms with Gasteiger partial charge in [-0.05, 0) is 83.2 Å². The van der Waals surface area contributed by atoms with E-state index in [-0.39, 0.29) is 55.1 Å². The van der Waals surface area contributed by atoms with Gasteiger partial charge in [0.15, 0.2) is 5.78 Å². The molecule has 1 aliphatic carbocycles. The smallest absolute Gasteiger partial charge is 0.246 e. The number of benzene rings is 3. The Bertz CT molecular complexity index is 2600. The van der Waals surface area contributed by atoms with E-state index in [1.807, 2.05) is 128 Å². The summed E-state index contributed by atoms with van der Waals surface area (Å²) in [6.07, 6.45) is 0.124. The van der Waals surface area contributed by atoms with Crippen LogP contribution in [0.25, 0.3) is 27.1 Å². The van der Waals surface area contributed by atoms with E-state index in [1.54, 1.807) is 11.3 Å². The highest BCUT2D eigenvalue weighted by Gasteiger charge is 2.45. The first-order chi connectivity index (χ1) is 35.8. The molecular weight excluding hydrogens is 973 g/mol. The molecule has 3 aliphatic rings. The van der Waals surface area contributed by atoms with E-state index < -0.39 is 35.4 Å². The number of allylic oxidation sites excluding steroid dienone is 2. The number of aliphatic hydroxyl groups is 2. The fourth-order valence-electron chi connectivity index (χ4n) is 9.96. The average Bonchev–Trinajstić information content (AvgIpc) is 3.99. The van der Waals surface area contributed by atoms with Crippen molar-refractivity contribution in [3.63, 3.8) is 0 Å². The van der Waals surface area contributed by atoms with Gasteiger partial charge in [-0.15, -0.1) is 11.3 Å². The van der Waals surface area contributed by atoms with E-state index in [9.17, 15) is 29.4 Å². The predicted octanol–water partition coefficient (Wildman–Crippen LogP) is 7.17. The molecule has 0 spiro atoms. The second kappa shape index (κ2) is 26.0. The number of aryl methyl sites for hydroxylation is 2. The number of carbonyl (C=O) groups is 4. The maximum absolute atomic E-state index is 14.1. The van der Waals surface area contributed by atoms with Crippen LogP contribution in [-0.4, -0.2) is 164 Å². The Balaban J connectivity index is 0.729. The minimum atomic E-state index is -0.956. The average molecular weight is 1050 g/mol. The fraction of sp³-hybridized carbons (Fsp3) is 0.534. The van der Waals surface area contributed by atoms with Gasteiger partial charge in [0.25, 0.3) is 0 Å². The van der Waals surface area contributed by atoms with Gasteiger partial charge >= 0.3 is 0 Å². The fourth-order valence-corrected chi connectivity index (χ4v) is 10.8. The van der Waals surface area contributed by atoms with E-state index >= 15 is 0 Å². The third-order valence-electron chi connectivity index (χ3n) is 14.3. The van der Waals surface area contributed by atoms with Crippen LogP contribution in [0.1, 0.15) is 89.2 Å². The van der Waals surface area contributed by atoms with Gasteiger partial charge < -0.3 is 44.7 Å². The number of nitrogens with zero attached hydrogens (tertiary/aromatic N) is 4. The van der Waals surface area contributed by atoms with Crippen molar-refractivity contribution in [1.29, 1.82) is 0 Å². The van der Waals surface area contributed by atoms with Crippen molar-refractivity contribution in [3.8, 4) is 27.3 Å². The summed E-state index contributed by atoms with van der Waals surface area (Å²) in [5.74, 6) is -0.343. The van der Waals surface area contributed by atoms with Crippen molar-refractivity contribution in [1.82, 2.24) is 30.3 Å². The summed E-state index contributed by atoms with van der Waals surface area (Å²) in [5.41, 5.74) is 7.95. The maximum atomic E-state index is 14.1. The number of amides is 3. The third kappa shape index (κ3) is 15.8. The standard InChI is InChI=1S/C58H78N6O10S/c1-38-9-10-44(31-47(38)52-49(66)33-58(7,8)34-50(52)67)42-15-17-46(18-16-42)74-30-29-72-26-24-63-21-19-62(20-22-63)23-25-71-27-28-73-36-51(68)61-54(57(4,5)6)56(70)64-35-45(65)32-48(64)55(69)60-39(2)41-11-13-43(14-12-41)53-40(3)59-37-75-53/h9-18,31,37,39,45,48,54,65-66H,19-30,32-36H2,1-8H3,(H,60,69)(H,61,68)/t39-,45+,48-,54+/m0/s1. The Morgan fingerprint density at radius 2 is 1.43 bits per heavy atom. The van der Waals surface area contributed by atoms with Crippen molar-refractivity contribution in [2.45, 2.75) is 98.9 Å². The van der Waals surface area contributed by atoms with Crippen LogP contribution in [0, 0.1) is 24.7 Å². The monoisotopic (exact) mass is 1050 g/mol. The van der Waals surface area contributed by atoms with Gasteiger partial charge in [-0.3, -0.25) is 29.0 Å². The van der Waals surface area contributed by atoms with Crippen molar-refractivity contribution < 1.29 is 48.3 Å². The van der Waals surface area contributed by atoms with Crippen LogP contribution >= 0.6 is 11.3 Å². The number of ether oxygens (including phenoxy) is 4. The van der Waals surface area contributed by atoms with Gasteiger partial charge in [0.05, 0.1) is 66.8 Å². The molecule has 2 aliphatic heterocycles. The molecule has 406 valence electrons. The number of aromatic nitrogens is 1.